The Bertz CT molecular complexity index is 1820. The van der Waals surface area contributed by atoms with E-state index in [0.29, 0.717) is 47.9 Å². The molecule has 0 radical (unpaired) electrons. The van der Waals surface area contributed by atoms with Gasteiger partial charge in [0.25, 0.3) is 0 Å². The summed E-state index contributed by atoms with van der Waals surface area (Å²) < 4.78 is 43.2. The van der Waals surface area contributed by atoms with E-state index in [2.05, 4.69) is 25.1 Å². The van der Waals surface area contributed by atoms with Crippen LogP contribution >= 0.6 is 0 Å². The molecule has 0 bridgehead atoms. The molecule has 0 atom stereocenters. The lowest BCUT2D eigenvalue weighted by Gasteiger charge is -2.29. The van der Waals surface area contributed by atoms with E-state index in [-0.39, 0.29) is 34.6 Å². The van der Waals surface area contributed by atoms with E-state index in [9.17, 15) is 22.7 Å². The van der Waals surface area contributed by atoms with Crippen LogP contribution in [0, 0.1) is 5.82 Å². The molecular formula is C25H27FN8O4S. The zero-order chi connectivity index (χ0) is 27.1. The number of benzene rings is 1. The van der Waals surface area contributed by atoms with E-state index >= 15 is 0 Å². The zero-order valence-electron chi connectivity index (χ0n) is 20.8. The molecule has 2 saturated carbocycles. The summed E-state index contributed by atoms with van der Waals surface area (Å²) in [4.78, 5) is 25.8. The van der Waals surface area contributed by atoms with Crippen LogP contribution in [0.15, 0.2) is 51.2 Å². The first-order valence-corrected chi connectivity index (χ1v) is 14.2. The van der Waals surface area contributed by atoms with Gasteiger partial charge in [0.2, 0.25) is 15.9 Å². The summed E-state index contributed by atoms with van der Waals surface area (Å²) in [7, 11) is -3.81. The number of hydrogen-bond acceptors (Lipinski definition) is 8. The van der Waals surface area contributed by atoms with Gasteiger partial charge in [0.15, 0.2) is 11.1 Å². The molecule has 0 aliphatic heterocycles. The van der Waals surface area contributed by atoms with Crippen LogP contribution in [0.5, 0.6) is 5.88 Å². The molecule has 5 N–H and O–H groups in total. The maximum absolute atomic E-state index is 13.5. The van der Waals surface area contributed by atoms with Gasteiger partial charge < -0.3 is 15.4 Å². The Kier molecular flexibility index (Phi) is 6.43. The first-order valence-electron chi connectivity index (χ1n) is 12.7. The third-order valence-corrected chi connectivity index (χ3v) is 8.40. The average Bonchev–Trinajstić information content (AvgIpc) is 3.53. The molecule has 2 aliphatic rings. The molecule has 39 heavy (non-hydrogen) atoms. The van der Waals surface area contributed by atoms with Gasteiger partial charge in [-0.2, -0.15) is 9.61 Å². The summed E-state index contributed by atoms with van der Waals surface area (Å²) >= 11 is 0. The summed E-state index contributed by atoms with van der Waals surface area (Å²) in [5.74, 6) is -0.269. The molecule has 0 saturated heterocycles. The number of nitrogens with zero attached hydrogens (tertiary/aromatic N) is 4. The highest BCUT2D eigenvalue weighted by Crippen LogP contribution is 2.24. The smallest absolute Gasteiger partial charge is 0.326 e. The van der Waals surface area contributed by atoms with Crippen LogP contribution in [0.25, 0.3) is 11.7 Å². The topological polar surface area (TPSA) is 170 Å². The highest BCUT2D eigenvalue weighted by atomic mass is 32.2. The highest BCUT2D eigenvalue weighted by Gasteiger charge is 2.26. The number of aromatic hydroxyl groups is 1. The number of hydrogen-bond donors (Lipinski definition) is 5. The standard InChI is InChI=1S/C25H27FN8O4S/c26-15-2-1-3-19(11-15)39(37,38)33-18-8-6-16(7-9-18)28-21-12-22(29-17-4-5-17)34-23(31-21)14(13-27-34)10-20-24(35)32-25(36)30-20/h1-3,10-13,16-18,28,33,35H,4-9H2,(H2,30,32,36)/b14-10-,29-22?. The Balaban J connectivity index is 1.21. The Morgan fingerprint density at radius 3 is 2.56 bits per heavy atom. The van der Waals surface area contributed by atoms with E-state index in [4.69, 9.17) is 9.98 Å². The van der Waals surface area contributed by atoms with Crippen molar-refractivity contribution >= 4 is 27.6 Å². The monoisotopic (exact) mass is 554 g/mol. The second kappa shape index (κ2) is 9.93. The molecule has 6 rings (SSSR count). The molecule has 204 valence electrons. The van der Waals surface area contributed by atoms with Crippen LogP contribution in [-0.2, 0) is 10.0 Å². The lowest BCUT2D eigenvalue weighted by molar-refractivity contribution is 0.387. The van der Waals surface area contributed by atoms with Crippen molar-refractivity contribution in [1.82, 2.24) is 29.3 Å². The van der Waals surface area contributed by atoms with Crippen LogP contribution in [0.2, 0.25) is 0 Å². The van der Waals surface area contributed by atoms with Gasteiger partial charge in [-0.15, -0.1) is 0 Å². The quantitative estimate of drug-likeness (QED) is 0.226. The Hall–Kier alpha value is -4.04. The molecule has 0 amide bonds. The molecule has 1 aromatic carbocycles. The molecule has 0 unspecified atom stereocenters. The molecule has 0 spiro atoms. The number of H-pyrrole nitrogens is 2. The third-order valence-electron chi connectivity index (χ3n) is 6.88. The van der Waals surface area contributed by atoms with Crippen molar-refractivity contribution in [2.75, 3.05) is 5.32 Å². The van der Waals surface area contributed by atoms with Crippen LogP contribution < -0.4 is 26.4 Å². The van der Waals surface area contributed by atoms with E-state index in [1.807, 2.05) is 6.07 Å². The maximum atomic E-state index is 13.5. The van der Waals surface area contributed by atoms with Gasteiger partial charge in [-0.1, -0.05) is 6.07 Å². The minimum absolute atomic E-state index is 0.0593. The lowest BCUT2D eigenvalue weighted by atomic mass is 9.92. The number of nitrogens with one attached hydrogen (secondary N) is 4. The van der Waals surface area contributed by atoms with Crippen LogP contribution in [0.3, 0.4) is 0 Å². The molecule has 4 aromatic rings. The van der Waals surface area contributed by atoms with Gasteiger partial charge in [0, 0.05) is 23.4 Å². The molecule has 3 aromatic heterocycles. The molecule has 2 fully saturated rings. The predicted octanol–water partition coefficient (Wildman–Crippen LogP) is 0.903. The van der Waals surface area contributed by atoms with E-state index in [1.54, 1.807) is 16.8 Å². The van der Waals surface area contributed by atoms with Crippen LogP contribution in [0.1, 0.15) is 44.2 Å². The first-order chi connectivity index (χ1) is 18.7. The normalized spacial score (nSPS) is 21.1. The first kappa shape index (κ1) is 25.2. The zero-order valence-corrected chi connectivity index (χ0v) is 21.6. The lowest BCUT2D eigenvalue weighted by Crippen LogP contribution is -2.40. The fourth-order valence-electron chi connectivity index (χ4n) is 4.76. The van der Waals surface area contributed by atoms with Gasteiger partial charge in [-0.3, -0.25) is 9.98 Å². The summed E-state index contributed by atoms with van der Waals surface area (Å²) in [5.41, 5.74) is 0.851. The number of aromatic amines is 2. The average molecular weight is 555 g/mol. The Morgan fingerprint density at radius 1 is 1.10 bits per heavy atom. The highest BCUT2D eigenvalue weighted by molar-refractivity contribution is 7.89. The second-order valence-electron chi connectivity index (χ2n) is 9.95. The van der Waals surface area contributed by atoms with Gasteiger partial charge in [0.05, 0.1) is 17.1 Å². The minimum Gasteiger partial charge on any atom is -0.493 e. The van der Waals surface area contributed by atoms with Gasteiger partial charge in [-0.05, 0) is 62.8 Å². The fraction of sp³-hybridized carbons (Fsp3) is 0.360. The molecule has 14 heteroatoms. The second-order valence-corrected chi connectivity index (χ2v) is 11.7. The van der Waals surface area contributed by atoms with Crippen molar-refractivity contribution in [1.29, 1.82) is 0 Å². The summed E-state index contributed by atoms with van der Waals surface area (Å²) in [5, 5.41) is 18.4. The van der Waals surface area contributed by atoms with Crippen LogP contribution in [0.4, 0.5) is 10.2 Å². The van der Waals surface area contributed by atoms with Crippen LogP contribution in [-0.4, -0.2) is 56.2 Å². The van der Waals surface area contributed by atoms with Crippen molar-refractivity contribution in [2.45, 2.75) is 61.5 Å². The van der Waals surface area contributed by atoms with Gasteiger partial charge in [0.1, 0.15) is 17.3 Å². The molecule has 2 aliphatic carbocycles. The third kappa shape index (κ3) is 5.56. The Morgan fingerprint density at radius 2 is 1.87 bits per heavy atom. The van der Waals surface area contributed by atoms with Gasteiger partial charge in [-0.25, -0.2) is 27.3 Å². The number of rotatable bonds is 7. The van der Waals surface area contributed by atoms with E-state index in [1.165, 1.54) is 18.2 Å². The number of fused-ring (bicyclic) bond motifs is 1. The number of halogens is 1. The number of sulfonamides is 1. The van der Waals surface area contributed by atoms with Gasteiger partial charge >= 0.3 is 5.69 Å². The van der Waals surface area contributed by atoms with Crippen molar-refractivity contribution < 1.29 is 17.9 Å². The Labute approximate surface area is 221 Å². The van der Waals surface area contributed by atoms with Crippen molar-refractivity contribution in [3.05, 3.63) is 69.2 Å². The van der Waals surface area contributed by atoms with Crippen molar-refractivity contribution in [3.63, 3.8) is 0 Å². The van der Waals surface area contributed by atoms with Crippen molar-refractivity contribution in [2.24, 2.45) is 4.99 Å². The minimum atomic E-state index is -3.81. The molecular weight excluding hydrogens is 527 g/mol. The fourth-order valence-corrected chi connectivity index (χ4v) is 6.09. The summed E-state index contributed by atoms with van der Waals surface area (Å²) in [6.07, 6.45) is 7.84. The summed E-state index contributed by atoms with van der Waals surface area (Å²) in [6.45, 7) is 0. The van der Waals surface area contributed by atoms with E-state index < -0.39 is 21.5 Å². The maximum Gasteiger partial charge on any atom is 0.326 e. The molecule has 12 nitrogen and oxygen atoms in total. The number of aromatic nitrogens is 5. The number of imidazole rings is 1. The SMILES string of the molecule is O=c1[nH]c(O)c(/C=c2/cnn3c(=NC4CC4)cc(NC4CCC(NS(=O)(=O)c5cccc(F)c5)CC4)nc23)[nH]1. The molecule has 3 heterocycles. The summed E-state index contributed by atoms with van der Waals surface area (Å²) in [6, 6.07) is 6.87. The number of anilines is 1. The largest absolute Gasteiger partial charge is 0.493 e. The predicted molar refractivity (Wildman–Crippen MR) is 140 cm³/mol. The van der Waals surface area contributed by atoms with E-state index in [0.717, 1.165) is 18.9 Å². The van der Waals surface area contributed by atoms with Crippen molar-refractivity contribution in [3.8, 4) is 5.88 Å².